The first kappa shape index (κ1) is 19.8. The van der Waals surface area contributed by atoms with Crippen molar-refractivity contribution in [1.29, 1.82) is 0 Å². The first-order chi connectivity index (χ1) is 12.1. The highest BCUT2D eigenvalue weighted by Gasteiger charge is 2.04. The van der Waals surface area contributed by atoms with Crippen molar-refractivity contribution in [3.8, 4) is 11.5 Å². The van der Waals surface area contributed by atoms with E-state index in [9.17, 15) is 4.79 Å². The minimum Gasteiger partial charge on any atom is -0.497 e. The van der Waals surface area contributed by atoms with Crippen molar-refractivity contribution in [3.05, 3.63) is 58.1 Å². The fourth-order valence-corrected chi connectivity index (χ4v) is 3.10. The molecule has 0 heterocycles. The zero-order valence-corrected chi connectivity index (χ0v) is 16.1. The maximum Gasteiger partial charge on any atom is 0.257 e. The predicted octanol–water partition coefficient (Wildman–Crippen LogP) is 4.43. The molecule has 0 aliphatic rings. The van der Waals surface area contributed by atoms with Crippen molar-refractivity contribution < 1.29 is 14.3 Å². The summed E-state index contributed by atoms with van der Waals surface area (Å²) in [4.78, 5) is 11.8. The maximum absolute atomic E-state index is 11.8. The van der Waals surface area contributed by atoms with Gasteiger partial charge in [0.1, 0.15) is 11.5 Å². The van der Waals surface area contributed by atoms with Gasteiger partial charge in [-0.2, -0.15) is 11.8 Å². The van der Waals surface area contributed by atoms with E-state index in [0.717, 1.165) is 17.1 Å². The Morgan fingerprint density at radius 1 is 1.12 bits per heavy atom. The van der Waals surface area contributed by atoms with Crippen LogP contribution in [-0.2, 0) is 10.5 Å². The van der Waals surface area contributed by atoms with Gasteiger partial charge in [0, 0.05) is 24.1 Å². The molecule has 0 aromatic heterocycles. The van der Waals surface area contributed by atoms with Gasteiger partial charge in [0.25, 0.3) is 5.91 Å². The van der Waals surface area contributed by atoms with Crippen LogP contribution in [0.25, 0.3) is 0 Å². The molecule has 4 nitrogen and oxygen atoms in total. The highest BCUT2D eigenvalue weighted by Crippen LogP contribution is 2.24. The van der Waals surface area contributed by atoms with Crippen LogP contribution in [-0.4, -0.2) is 31.9 Å². The molecular weight excluding hydrogens is 381 g/mol. The molecule has 2 aromatic carbocycles. The zero-order chi connectivity index (χ0) is 18.1. The van der Waals surface area contributed by atoms with Crippen LogP contribution in [0.1, 0.15) is 5.56 Å². The molecule has 7 heteroatoms. The van der Waals surface area contributed by atoms with Crippen LogP contribution in [0.3, 0.4) is 0 Å². The van der Waals surface area contributed by atoms with E-state index in [0.29, 0.717) is 28.1 Å². The number of nitrogens with one attached hydrogen (secondary N) is 1. The van der Waals surface area contributed by atoms with E-state index < -0.39 is 0 Å². The van der Waals surface area contributed by atoms with Gasteiger partial charge >= 0.3 is 0 Å². The van der Waals surface area contributed by atoms with E-state index in [-0.39, 0.29) is 12.5 Å². The van der Waals surface area contributed by atoms with Crippen LogP contribution in [0.15, 0.2) is 42.5 Å². The highest BCUT2D eigenvalue weighted by molar-refractivity contribution is 7.98. The van der Waals surface area contributed by atoms with Crippen molar-refractivity contribution >= 4 is 40.9 Å². The molecule has 0 unspecified atom stereocenters. The van der Waals surface area contributed by atoms with Gasteiger partial charge in [0.2, 0.25) is 0 Å². The van der Waals surface area contributed by atoms with E-state index in [1.165, 1.54) is 0 Å². The molecule has 134 valence electrons. The number of hydrogen-bond acceptors (Lipinski definition) is 4. The van der Waals surface area contributed by atoms with E-state index >= 15 is 0 Å². The Bertz CT molecular complexity index is 712. The monoisotopic (exact) mass is 399 g/mol. The minimum absolute atomic E-state index is 0.0232. The largest absolute Gasteiger partial charge is 0.497 e. The summed E-state index contributed by atoms with van der Waals surface area (Å²) < 4.78 is 10.5. The summed E-state index contributed by atoms with van der Waals surface area (Å²) in [6.45, 7) is 0.552. The lowest BCUT2D eigenvalue weighted by Gasteiger charge is -2.08. The Balaban J connectivity index is 1.61. The maximum atomic E-state index is 11.8. The molecule has 0 saturated heterocycles. The normalized spacial score (nSPS) is 10.4. The lowest BCUT2D eigenvalue weighted by molar-refractivity contribution is -0.122. The molecule has 0 spiro atoms. The number of amides is 1. The lowest BCUT2D eigenvalue weighted by Crippen LogP contribution is -2.30. The van der Waals surface area contributed by atoms with Crippen LogP contribution in [0.4, 0.5) is 0 Å². The third kappa shape index (κ3) is 7.06. The average molecular weight is 400 g/mol. The van der Waals surface area contributed by atoms with Gasteiger partial charge in [-0.25, -0.2) is 0 Å². The first-order valence-electron chi connectivity index (χ1n) is 7.63. The van der Waals surface area contributed by atoms with E-state index in [4.69, 9.17) is 32.7 Å². The summed E-state index contributed by atoms with van der Waals surface area (Å²) in [5.74, 6) is 2.75. The Morgan fingerprint density at radius 2 is 1.92 bits per heavy atom. The van der Waals surface area contributed by atoms with Gasteiger partial charge in [-0.1, -0.05) is 35.3 Å². The molecule has 2 aromatic rings. The number of thioether (sulfide) groups is 1. The number of carbonyl (C=O) groups excluding carboxylic acids is 1. The van der Waals surface area contributed by atoms with Crippen molar-refractivity contribution in [1.82, 2.24) is 5.32 Å². The minimum atomic E-state index is -0.155. The molecule has 2 rings (SSSR count). The Morgan fingerprint density at radius 3 is 2.68 bits per heavy atom. The van der Waals surface area contributed by atoms with Crippen molar-refractivity contribution in [2.24, 2.45) is 0 Å². The standard InChI is InChI=1S/C18H19Cl2NO3S/c1-23-14-3-2-4-15(10-14)24-11-18(22)21-7-8-25-12-13-5-6-16(19)17(20)9-13/h2-6,9-10H,7-8,11-12H2,1H3,(H,21,22). The molecule has 0 atom stereocenters. The topological polar surface area (TPSA) is 47.6 Å². The van der Waals surface area contributed by atoms with Crippen molar-refractivity contribution in [2.75, 3.05) is 26.0 Å². The Hall–Kier alpha value is -1.56. The summed E-state index contributed by atoms with van der Waals surface area (Å²) in [6.07, 6.45) is 0. The zero-order valence-electron chi connectivity index (χ0n) is 13.8. The number of carbonyl (C=O) groups is 1. The van der Waals surface area contributed by atoms with Gasteiger partial charge < -0.3 is 14.8 Å². The number of benzene rings is 2. The summed E-state index contributed by atoms with van der Waals surface area (Å²) >= 11 is 13.6. The lowest BCUT2D eigenvalue weighted by atomic mass is 10.2. The number of methoxy groups -OCH3 is 1. The smallest absolute Gasteiger partial charge is 0.257 e. The summed E-state index contributed by atoms with van der Waals surface area (Å²) in [7, 11) is 1.58. The van der Waals surface area contributed by atoms with Crippen LogP contribution in [0.5, 0.6) is 11.5 Å². The van der Waals surface area contributed by atoms with Gasteiger partial charge in [0.15, 0.2) is 6.61 Å². The predicted molar refractivity (Wildman–Crippen MR) is 104 cm³/mol. The molecule has 1 N–H and O–H groups in total. The second-order valence-electron chi connectivity index (χ2n) is 5.12. The third-order valence-corrected chi connectivity index (χ3v) is 5.00. The highest BCUT2D eigenvalue weighted by atomic mass is 35.5. The van der Waals surface area contributed by atoms with Gasteiger partial charge in [-0.3, -0.25) is 4.79 Å². The fraction of sp³-hybridized carbons (Fsp3) is 0.278. The van der Waals surface area contributed by atoms with Crippen LogP contribution in [0.2, 0.25) is 10.0 Å². The van der Waals surface area contributed by atoms with Gasteiger partial charge in [-0.15, -0.1) is 0 Å². The quantitative estimate of drug-likeness (QED) is 0.633. The third-order valence-electron chi connectivity index (χ3n) is 3.23. The van der Waals surface area contributed by atoms with E-state index in [1.54, 1.807) is 37.1 Å². The summed E-state index contributed by atoms with van der Waals surface area (Å²) in [5, 5.41) is 3.94. The summed E-state index contributed by atoms with van der Waals surface area (Å²) in [6, 6.07) is 12.7. The molecule has 0 bridgehead atoms. The number of hydrogen-bond donors (Lipinski definition) is 1. The average Bonchev–Trinajstić information content (AvgIpc) is 2.62. The number of rotatable bonds is 9. The molecular formula is C18H19Cl2NO3S. The van der Waals surface area contributed by atoms with Crippen LogP contribution >= 0.6 is 35.0 Å². The van der Waals surface area contributed by atoms with E-state index in [1.807, 2.05) is 24.3 Å². The SMILES string of the molecule is COc1cccc(OCC(=O)NCCSCc2ccc(Cl)c(Cl)c2)c1. The van der Waals surface area contributed by atoms with Crippen LogP contribution in [0, 0.1) is 0 Å². The van der Waals surface area contributed by atoms with Gasteiger partial charge in [0.05, 0.1) is 17.2 Å². The second-order valence-corrected chi connectivity index (χ2v) is 7.04. The van der Waals surface area contributed by atoms with Crippen LogP contribution < -0.4 is 14.8 Å². The van der Waals surface area contributed by atoms with Crippen molar-refractivity contribution in [2.45, 2.75) is 5.75 Å². The Kier molecular flexibility index (Phi) is 8.25. The number of halogens is 2. The van der Waals surface area contributed by atoms with Crippen molar-refractivity contribution in [3.63, 3.8) is 0 Å². The molecule has 0 aliphatic heterocycles. The van der Waals surface area contributed by atoms with Gasteiger partial charge in [-0.05, 0) is 29.8 Å². The molecule has 1 amide bonds. The molecule has 0 radical (unpaired) electrons. The molecule has 0 fully saturated rings. The summed E-state index contributed by atoms with van der Waals surface area (Å²) in [5.41, 5.74) is 1.10. The molecule has 25 heavy (non-hydrogen) atoms. The number of ether oxygens (including phenoxy) is 2. The van der Waals surface area contributed by atoms with E-state index in [2.05, 4.69) is 5.32 Å². The second kappa shape index (κ2) is 10.4. The fourth-order valence-electron chi connectivity index (χ4n) is 1.97. The molecule has 0 aliphatic carbocycles. The molecule has 0 saturated carbocycles. The first-order valence-corrected chi connectivity index (χ1v) is 9.55. The Labute approximate surface area is 161 Å².